The van der Waals surface area contributed by atoms with Gasteiger partial charge in [0.05, 0.1) is 16.6 Å². The van der Waals surface area contributed by atoms with Crippen LogP contribution in [-0.2, 0) is 5.60 Å². The fourth-order valence-electron chi connectivity index (χ4n) is 4.36. The van der Waals surface area contributed by atoms with E-state index in [1.807, 2.05) is 35.2 Å². The molecule has 3 heterocycles. The SMILES string of the molecule is O=C(c1ccncc1Cl)N1CC[C@](O)(c2ccccc2)[C@H](N2CCCC2)C1. The molecular weight excluding hydrogens is 362 g/mol. The minimum atomic E-state index is -0.954. The van der Waals surface area contributed by atoms with Gasteiger partial charge < -0.3 is 10.0 Å². The van der Waals surface area contributed by atoms with Crippen molar-refractivity contribution in [2.45, 2.75) is 30.9 Å². The molecule has 2 aromatic rings. The summed E-state index contributed by atoms with van der Waals surface area (Å²) >= 11 is 6.18. The summed E-state index contributed by atoms with van der Waals surface area (Å²) in [6.45, 7) is 2.89. The van der Waals surface area contributed by atoms with Crippen molar-refractivity contribution in [1.29, 1.82) is 0 Å². The number of aromatic nitrogens is 1. The van der Waals surface area contributed by atoms with Gasteiger partial charge in [-0.1, -0.05) is 41.9 Å². The molecule has 4 rings (SSSR count). The summed E-state index contributed by atoms with van der Waals surface area (Å²) in [4.78, 5) is 21.2. The Morgan fingerprint density at radius 1 is 1.15 bits per heavy atom. The fraction of sp³-hybridized carbons (Fsp3) is 0.429. The van der Waals surface area contributed by atoms with Gasteiger partial charge in [-0.3, -0.25) is 14.7 Å². The maximum atomic E-state index is 13.0. The fourth-order valence-corrected chi connectivity index (χ4v) is 4.56. The smallest absolute Gasteiger partial charge is 0.255 e. The van der Waals surface area contributed by atoms with E-state index in [0.717, 1.165) is 31.5 Å². The van der Waals surface area contributed by atoms with E-state index < -0.39 is 5.60 Å². The minimum Gasteiger partial charge on any atom is -0.383 e. The van der Waals surface area contributed by atoms with E-state index in [2.05, 4.69) is 9.88 Å². The third-order valence-electron chi connectivity index (χ3n) is 5.85. The van der Waals surface area contributed by atoms with Gasteiger partial charge in [-0.25, -0.2) is 0 Å². The van der Waals surface area contributed by atoms with Gasteiger partial charge in [0.1, 0.15) is 5.60 Å². The van der Waals surface area contributed by atoms with Crippen molar-refractivity contribution in [2.24, 2.45) is 0 Å². The highest BCUT2D eigenvalue weighted by atomic mass is 35.5. The van der Waals surface area contributed by atoms with E-state index in [-0.39, 0.29) is 11.9 Å². The summed E-state index contributed by atoms with van der Waals surface area (Å²) in [5, 5.41) is 12.0. The predicted molar refractivity (Wildman–Crippen MR) is 105 cm³/mol. The van der Waals surface area contributed by atoms with Crippen LogP contribution in [0.25, 0.3) is 0 Å². The number of carbonyl (C=O) groups is 1. The van der Waals surface area contributed by atoms with E-state index >= 15 is 0 Å². The van der Waals surface area contributed by atoms with Crippen LogP contribution in [0.15, 0.2) is 48.8 Å². The van der Waals surface area contributed by atoms with Crippen LogP contribution >= 0.6 is 11.6 Å². The first-order chi connectivity index (χ1) is 13.1. The lowest BCUT2D eigenvalue weighted by molar-refractivity contribution is -0.0878. The number of aliphatic hydroxyl groups is 1. The molecule has 142 valence electrons. The van der Waals surface area contributed by atoms with Crippen molar-refractivity contribution in [1.82, 2.24) is 14.8 Å². The number of halogens is 1. The Morgan fingerprint density at radius 2 is 1.89 bits per heavy atom. The zero-order chi connectivity index (χ0) is 18.9. The Morgan fingerprint density at radius 3 is 2.59 bits per heavy atom. The van der Waals surface area contributed by atoms with E-state index in [4.69, 9.17) is 11.6 Å². The van der Waals surface area contributed by atoms with Gasteiger partial charge in [0.15, 0.2) is 0 Å². The van der Waals surface area contributed by atoms with Crippen LogP contribution in [-0.4, -0.2) is 58.0 Å². The van der Waals surface area contributed by atoms with E-state index in [0.29, 0.717) is 30.1 Å². The molecule has 27 heavy (non-hydrogen) atoms. The highest BCUT2D eigenvalue weighted by Crippen LogP contribution is 2.37. The molecule has 0 unspecified atom stereocenters. The number of hydrogen-bond donors (Lipinski definition) is 1. The molecule has 5 nitrogen and oxygen atoms in total. The molecule has 1 amide bonds. The standard InChI is InChI=1S/C21H24ClN3O2/c22-18-14-23-10-8-17(18)20(26)25-13-9-21(27,16-6-2-1-3-7-16)19(15-25)24-11-4-5-12-24/h1-3,6-8,10,14,19,27H,4-5,9,11-13,15H2/t19-,21+/m1/s1. The normalized spacial score (nSPS) is 26.3. The third-order valence-corrected chi connectivity index (χ3v) is 6.15. The lowest BCUT2D eigenvalue weighted by Gasteiger charge is -2.48. The number of rotatable bonds is 3. The molecule has 6 heteroatoms. The largest absolute Gasteiger partial charge is 0.383 e. The van der Waals surface area contributed by atoms with Gasteiger partial charge in [-0.15, -0.1) is 0 Å². The average molecular weight is 386 g/mol. The maximum Gasteiger partial charge on any atom is 0.255 e. The van der Waals surface area contributed by atoms with Gasteiger partial charge in [0, 0.05) is 25.5 Å². The Bertz CT molecular complexity index is 810. The Balaban J connectivity index is 1.63. The highest BCUT2D eigenvalue weighted by Gasteiger charge is 2.47. The molecule has 0 radical (unpaired) electrons. The molecular formula is C21H24ClN3O2. The zero-order valence-electron chi connectivity index (χ0n) is 15.2. The van der Waals surface area contributed by atoms with Crippen LogP contribution < -0.4 is 0 Å². The van der Waals surface area contributed by atoms with Crippen LogP contribution in [0.2, 0.25) is 5.02 Å². The second kappa shape index (κ2) is 7.58. The van der Waals surface area contributed by atoms with Crippen molar-refractivity contribution in [3.63, 3.8) is 0 Å². The molecule has 2 saturated heterocycles. The second-order valence-electron chi connectivity index (χ2n) is 7.41. The number of carbonyl (C=O) groups excluding carboxylic acids is 1. The van der Waals surface area contributed by atoms with Gasteiger partial charge in [-0.05, 0) is 44.0 Å². The van der Waals surface area contributed by atoms with Crippen molar-refractivity contribution in [3.8, 4) is 0 Å². The van der Waals surface area contributed by atoms with Gasteiger partial charge in [-0.2, -0.15) is 0 Å². The summed E-state index contributed by atoms with van der Waals surface area (Å²) in [7, 11) is 0. The lowest BCUT2D eigenvalue weighted by atomic mass is 9.79. The zero-order valence-corrected chi connectivity index (χ0v) is 16.0. The Kier molecular flexibility index (Phi) is 5.17. The molecule has 2 atom stereocenters. The van der Waals surface area contributed by atoms with Crippen molar-refractivity contribution >= 4 is 17.5 Å². The monoisotopic (exact) mass is 385 g/mol. The quantitative estimate of drug-likeness (QED) is 0.882. The number of pyridine rings is 1. The molecule has 0 saturated carbocycles. The van der Waals surface area contributed by atoms with Crippen LogP contribution in [0.3, 0.4) is 0 Å². The highest BCUT2D eigenvalue weighted by molar-refractivity contribution is 6.33. The third kappa shape index (κ3) is 3.47. The number of likely N-dealkylation sites (tertiary alicyclic amines) is 2. The summed E-state index contributed by atoms with van der Waals surface area (Å²) < 4.78 is 0. The van der Waals surface area contributed by atoms with Gasteiger partial charge in [0.2, 0.25) is 0 Å². The molecule has 1 aromatic heterocycles. The molecule has 2 aliphatic rings. The van der Waals surface area contributed by atoms with Crippen LogP contribution in [0.4, 0.5) is 0 Å². The van der Waals surface area contributed by atoms with Gasteiger partial charge in [0.25, 0.3) is 5.91 Å². The van der Waals surface area contributed by atoms with Crippen molar-refractivity contribution in [3.05, 3.63) is 64.9 Å². The average Bonchev–Trinajstić information content (AvgIpc) is 3.23. The summed E-state index contributed by atoms with van der Waals surface area (Å²) in [5.74, 6) is -0.0956. The minimum absolute atomic E-state index is 0.0956. The first-order valence-electron chi connectivity index (χ1n) is 9.50. The van der Waals surface area contributed by atoms with E-state index in [1.165, 1.54) is 6.20 Å². The summed E-state index contributed by atoms with van der Waals surface area (Å²) in [6.07, 6.45) is 5.85. The number of benzene rings is 1. The van der Waals surface area contributed by atoms with Crippen LogP contribution in [0, 0.1) is 0 Å². The number of hydrogen-bond acceptors (Lipinski definition) is 4. The number of nitrogens with zero attached hydrogens (tertiary/aromatic N) is 3. The van der Waals surface area contributed by atoms with Crippen LogP contribution in [0.1, 0.15) is 35.2 Å². The van der Waals surface area contributed by atoms with Crippen LogP contribution in [0.5, 0.6) is 0 Å². The molecule has 1 aromatic carbocycles. The molecule has 1 N–H and O–H groups in total. The first kappa shape index (κ1) is 18.4. The number of amides is 1. The topological polar surface area (TPSA) is 56.7 Å². The molecule has 2 aliphatic heterocycles. The van der Waals surface area contributed by atoms with Crippen molar-refractivity contribution in [2.75, 3.05) is 26.2 Å². The first-order valence-corrected chi connectivity index (χ1v) is 9.88. The molecule has 2 fully saturated rings. The molecule has 0 bridgehead atoms. The van der Waals surface area contributed by atoms with Gasteiger partial charge >= 0.3 is 0 Å². The number of piperidine rings is 1. The molecule has 0 aliphatic carbocycles. The Labute approximate surface area is 164 Å². The van der Waals surface area contributed by atoms with E-state index in [9.17, 15) is 9.90 Å². The molecule has 0 spiro atoms. The maximum absolute atomic E-state index is 13.0. The lowest BCUT2D eigenvalue weighted by Crippen LogP contribution is -2.61. The summed E-state index contributed by atoms with van der Waals surface area (Å²) in [5.41, 5.74) is 0.442. The van der Waals surface area contributed by atoms with E-state index in [1.54, 1.807) is 12.3 Å². The van der Waals surface area contributed by atoms with Crippen molar-refractivity contribution < 1.29 is 9.90 Å². The predicted octanol–water partition coefficient (Wildman–Crippen LogP) is 2.93. The Hall–Kier alpha value is -1.95. The second-order valence-corrected chi connectivity index (χ2v) is 7.81. The summed E-state index contributed by atoms with van der Waals surface area (Å²) in [6, 6.07) is 11.4.